The molecule has 1 aliphatic carbocycles. The van der Waals surface area contributed by atoms with E-state index in [1.807, 2.05) is 35.2 Å². The Hall–Kier alpha value is -2.37. The molecule has 2 aliphatic heterocycles. The van der Waals surface area contributed by atoms with Crippen molar-refractivity contribution in [1.29, 1.82) is 0 Å². The molecule has 3 fully saturated rings. The van der Waals surface area contributed by atoms with E-state index in [1.165, 1.54) is 19.3 Å². The maximum Gasteiger partial charge on any atom is 0.243 e. The summed E-state index contributed by atoms with van der Waals surface area (Å²) in [5.74, 6) is -0.298. The standard InChI is InChI=1S/C23H31N3O3/c27-21-14-18(16-26(21)19-10-5-2-6-11-19)23(29)25-13-7-12-20(25)22(28)24-15-17-8-3-1-4-9-17/h1,3-4,8-9,18-20H,2,5-7,10-16H2,(H,24,28). The molecule has 0 spiro atoms. The van der Waals surface area contributed by atoms with Gasteiger partial charge >= 0.3 is 0 Å². The van der Waals surface area contributed by atoms with E-state index in [1.54, 1.807) is 4.90 Å². The summed E-state index contributed by atoms with van der Waals surface area (Å²) in [5, 5.41) is 2.98. The fourth-order valence-electron chi connectivity index (χ4n) is 5.08. The van der Waals surface area contributed by atoms with Gasteiger partial charge in [-0.05, 0) is 31.2 Å². The minimum Gasteiger partial charge on any atom is -0.350 e. The first-order chi connectivity index (χ1) is 14.1. The molecule has 1 N–H and O–H groups in total. The summed E-state index contributed by atoms with van der Waals surface area (Å²) in [6.07, 6.45) is 7.52. The lowest BCUT2D eigenvalue weighted by Gasteiger charge is -2.32. The summed E-state index contributed by atoms with van der Waals surface area (Å²) in [6, 6.07) is 9.68. The minimum atomic E-state index is -0.412. The summed E-state index contributed by atoms with van der Waals surface area (Å²) >= 11 is 0. The summed E-state index contributed by atoms with van der Waals surface area (Å²) in [5.41, 5.74) is 1.04. The van der Waals surface area contributed by atoms with E-state index in [4.69, 9.17) is 0 Å². The van der Waals surface area contributed by atoms with Crippen molar-refractivity contribution >= 4 is 17.7 Å². The molecule has 2 heterocycles. The molecule has 3 aliphatic rings. The van der Waals surface area contributed by atoms with Crippen LogP contribution in [0.25, 0.3) is 0 Å². The first kappa shape index (κ1) is 19.9. The highest BCUT2D eigenvalue weighted by Crippen LogP contribution is 2.31. The third-order valence-electron chi connectivity index (χ3n) is 6.67. The Balaban J connectivity index is 1.35. The minimum absolute atomic E-state index is 0.0194. The third kappa shape index (κ3) is 4.46. The topological polar surface area (TPSA) is 69.7 Å². The highest BCUT2D eigenvalue weighted by Gasteiger charge is 2.43. The number of hydrogen-bond donors (Lipinski definition) is 1. The molecule has 3 amide bonds. The quantitative estimate of drug-likeness (QED) is 0.830. The van der Waals surface area contributed by atoms with Gasteiger partial charge in [0.25, 0.3) is 0 Å². The van der Waals surface area contributed by atoms with Gasteiger partial charge in [-0.3, -0.25) is 14.4 Å². The average Bonchev–Trinajstić information content (AvgIpc) is 3.40. The van der Waals surface area contributed by atoms with Crippen molar-refractivity contribution < 1.29 is 14.4 Å². The monoisotopic (exact) mass is 397 g/mol. The Bertz CT molecular complexity index is 745. The summed E-state index contributed by atoms with van der Waals surface area (Å²) in [7, 11) is 0. The Morgan fingerprint density at radius 3 is 2.52 bits per heavy atom. The maximum absolute atomic E-state index is 13.2. The van der Waals surface area contributed by atoms with Crippen LogP contribution in [0.15, 0.2) is 30.3 Å². The zero-order chi connectivity index (χ0) is 20.2. The molecule has 156 valence electrons. The second kappa shape index (κ2) is 8.97. The molecular formula is C23H31N3O3. The van der Waals surface area contributed by atoms with E-state index < -0.39 is 6.04 Å². The van der Waals surface area contributed by atoms with E-state index in [-0.39, 0.29) is 23.6 Å². The normalized spacial score (nSPS) is 25.4. The first-order valence-corrected chi connectivity index (χ1v) is 11.0. The van der Waals surface area contributed by atoms with Crippen LogP contribution in [0, 0.1) is 5.92 Å². The Morgan fingerprint density at radius 2 is 1.76 bits per heavy atom. The number of benzene rings is 1. The summed E-state index contributed by atoms with van der Waals surface area (Å²) in [4.78, 5) is 42.1. The smallest absolute Gasteiger partial charge is 0.243 e. The van der Waals surface area contributed by atoms with Crippen molar-refractivity contribution in [2.24, 2.45) is 5.92 Å². The van der Waals surface area contributed by atoms with Crippen LogP contribution in [-0.4, -0.2) is 52.7 Å². The molecule has 6 heteroatoms. The number of rotatable bonds is 5. The fraction of sp³-hybridized carbons (Fsp3) is 0.609. The third-order valence-corrected chi connectivity index (χ3v) is 6.67. The van der Waals surface area contributed by atoms with Crippen LogP contribution < -0.4 is 5.32 Å². The predicted octanol–water partition coefficient (Wildman–Crippen LogP) is 2.47. The zero-order valence-corrected chi connectivity index (χ0v) is 17.0. The number of hydrogen-bond acceptors (Lipinski definition) is 3. The van der Waals surface area contributed by atoms with Gasteiger partial charge < -0.3 is 15.1 Å². The SMILES string of the molecule is O=C(NCc1ccccc1)C1CCCN1C(=O)C1CC(=O)N(C2CCCCC2)C1. The Morgan fingerprint density at radius 1 is 1.00 bits per heavy atom. The van der Waals surface area contributed by atoms with Crippen LogP contribution in [0.1, 0.15) is 56.9 Å². The van der Waals surface area contributed by atoms with Gasteiger partial charge in [0.05, 0.1) is 5.92 Å². The Labute approximate surface area is 172 Å². The van der Waals surface area contributed by atoms with Gasteiger partial charge in [0, 0.05) is 32.1 Å². The molecule has 4 rings (SSSR count). The second-order valence-corrected chi connectivity index (χ2v) is 8.63. The fourth-order valence-corrected chi connectivity index (χ4v) is 5.08. The molecule has 0 bridgehead atoms. The van der Waals surface area contributed by atoms with Gasteiger partial charge in [-0.1, -0.05) is 49.6 Å². The van der Waals surface area contributed by atoms with Gasteiger partial charge in [-0.15, -0.1) is 0 Å². The lowest BCUT2D eigenvalue weighted by Crippen LogP contribution is -2.48. The number of amides is 3. The van der Waals surface area contributed by atoms with Crippen LogP contribution in [0.2, 0.25) is 0 Å². The number of carbonyl (C=O) groups excluding carboxylic acids is 3. The molecular weight excluding hydrogens is 366 g/mol. The average molecular weight is 398 g/mol. The van der Waals surface area contributed by atoms with Crippen molar-refractivity contribution in [1.82, 2.24) is 15.1 Å². The van der Waals surface area contributed by atoms with Crippen molar-refractivity contribution in [3.05, 3.63) is 35.9 Å². The van der Waals surface area contributed by atoms with Crippen molar-refractivity contribution in [2.75, 3.05) is 13.1 Å². The molecule has 0 aromatic heterocycles. The van der Waals surface area contributed by atoms with E-state index in [0.29, 0.717) is 38.5 Å². The van der Waals surface area contributed by atoms with Crippen molar-refractivity contribution in [2.45, 2.75) is 70.0 Å². The van der Waals surface area contributed by atoms with Gasteiger partial charge in [0.1, 0.15) is 6.04 Å². The van der Waals surface area contributed by atoms with E-state index in [9.17, 15) is 14.4 Å². The van der Waals surface area contributed by atoms with Gasteiger partial charge in [-0.25, -0.2) is 0 Å². The van der Waals surface area contributed by atoms with E-state index >= 15 is 0 Å². The van der Waals surface area contributed by atoms with E-state index in [2.05, 4.69) is 5.32 Å². The molecule has 2 saturated heterocycles. The lowest BCUT2D eigenvalue weighted by atomic mass is 9.94. The zero-order valence-electron chi connectivity index (χ0n) is 17.0. The summed E-state index contributed by atoms with van der Waals surface area (Å²) in [6.45, 7) is 1.60. The molecule has 29 heavy (non-hydrogen) atoms. The van der Waals surface area contributed by atoms with Crippen LogP contribution in [-0.2, 0) is 20.9 Å². The van der Waals surface area contributed by atoms with Crippen LogP contribution >= 0.6 is 0 Å². The molecule has 1 aromatic rings. The molecule has 6 nitrogen and oxygen atoms in total. The summed E-state index contributed by atoms with van der Waals surface area (Å²) < 4.78 is 0. The second-order valence-electron chi connectivity index (χ2n) is 8.63. The number of nitrogens with one attached hydrogen (secondary N) is 1. The van der Waals surface area contributed by atoms with Crippen LogP contribution in [0.3, 0.4) is 0 Å². The molecule has 2 unspecified atom stereocenters. The molecule has 1 aromatic carbocycles. The maximum atomic E-state index is 13.2. The number of likely N-dealkylation sites (tertiary alicyclic amines) is 2. The molecule has 0 radical (unpaired) electrons. The number of nitrogens with zero attached hydrogens (tertiary/aromatic N) is 2. The predicted molar refractivity (Wildman–Crippen MR) is 110 cm³/mol. The number of carbonyl (C=O) groups is 3. The largest absolute Gasteiger partial charge is 0.350 e. The Kier molecular flexibility index (Phi) is 6.16. The van der Waals surface area contributed by atoms with Crippen LogP contribution in [0.5, 0.6) is 0 Å². The van der Waals surface area contributed by atoms with Crippen molar-refractivity contribution in [3.63, 3.8) is 0 Å². The molecule has 1 saturated carbocycles. The first-order valence-electron chi connectivity index (χ1n) is 11.0. The van der Waals surface area contributed by atoms with Gasteiger partial charge in [-0.2, -0.15) is 0 Å². The highest BCUT2D eigenvalue weighted by molar-refractivity contribution is 5.93. The van der Waals surface area contributed by atoms with E-state index in [0.717, 1.165) is 24.8 Å². The lowest BCUT2D eigenvalue weighted by molar-refractivity contribution is -0.141. The van der Waals surface area contributed by atoms with Crippen LogP contribution in [0.4, 0.5) is 0 Å². The molecule has 2 atom stereocenters. The van der Waals surface area contributed by atoms with Crippen molar-refractivity contribution in [3.8, 4) is 0 Å². The van der Waals surface area contributed by atoms with Gasteiger partial charge in [0.2, 0.25) is 17.7 Å². The van der Waals surface area contributed by atoms with Gasteiger partial charge in [0.15, 0.2) is 0 Å². The highest BCUT2D eigenvalue weighted by atomic mass is 16.2.